The summed E-state index contributed by atoms with van der Waals surface area (Å²) in [6.45, 7) is 3.37. The molecule has 0 saturated carbocycles. The van der Waals surface area contributed by atoms with Crippen LogP contribution in [-0.4, -0.2) is 26.6 Å². The molecule has 1 atom stereocenters. The van der Waals surface area contributed by atoms with Crippen LogP contribution in [0.25, 0.3) is 0 Å². The van der Waals surface area contributed by atoms with E-state index in [1.54, 1.807) is 4.72 Å². The van der Waals surface area contributed by atoms with E-state index in [1.165, 1.54) is 6.08 Å². The van der Waals surface area contributed by atoms with Gasteiger partial charge in [0.25, 0.3) is 5.91 Å². The topological polar surface area (TPSA) is 89.3 Å². The molecule has 0 aromatic carbocycles. The summed E-state index contributed by atoms with van der Waals surface area (Å²) in [7, 11) is -3.50. The number of hydrogen-bond donors (Lipinski definition) is 2. The minimum Gasteiger partial charge on any atom is -0.320 e. The predicted molar refractivity (Wildman–Crippen MR) is 45.8 cm³/mol. The fourth-order valence-corrected chi connectivity index (χ4v) is 1.06. The van der Waals surface area contributed by atoms with Gasteiger partial charge in [0.1, 0.15) is 0 Å². The molecule has 6 heteroatoms. The van der Waals surface area contributed by atoms with Crippen molar-refractivity contribution in [1.29, 1.82) is 0 Å². The first-order valence-electron chi connectivity index (χ1n) is 3.25. The highest BCUT2D eigenvalue weighted by Gasteiger charge is 2.14. The summed E-state index contributed by atoms with van der Waals surface area (Å²) in [4.78, 5) is 10.9. The minimum atomic E-state index is -3.50. The van der Waals surface area contributed by atoms with Crippen molar-refractivity contribution in [2.24, 2.45) is 5.73 Å². The van der Waals surface area contributed by atoms with Crippen molar-refractivity contribution < 1.29 is 13.2 Å². The fourth-order valence-electron chi connectivity index (χ4n) is 0.545. The third kappa shape index (κ3) is 4.86. The van der Waals surface area contributed by atoms with Gasteiger partial charge in [-0.1, -0.05) is 6.08 Å². The second-order valence-corrected chi connectivity index (χ2v) is 4.12. The Morgan fingerprint density at radius 1 is 1.75 bits per heavy atom. The summed E-state index contributed by atoms with van der Waals surface area (Å²) in [5, 5.41) is 0. The van der Waals surface area contributed by atoms with Crippen LogP contribution in [0.2, 0.25) is 0 Å². The third-order valence-corrected chi connectivity index (χ3v) is 1.62. The Morgan fingerprint density at radius 2 is 2.25 bits per heavy atom. The molecule has 0 bridgehead atoms. The molecule has 0 radical (unpaired) electrons. The lowest BCUT2D eigenvalue weighted by Crippen LogP contribution is -2.42. The Morgan fingerprint density at radius 3 is 2.58 bits per heavy atom. The Hall–Kier alpha value is -0.880. The van der Waals surface area contributed by atoms with Gasteiger partial charge in [-0.3, -0.25) is 9.52 Å². The highest BCUT2D eigenvalue weighted by molar-refractivity contribution is 7.89. The molecular weight excluding hydrogens is 180 g/mol. The van der Waals surface area contributed by atoms with E-state index in [0.717, 1.165) is 6.26 Å². The zero-order valence-electron chi connectivity index (χ0n) is 6.78. The van der Waals surface area contributed by atoms with Crippen molar-refractivity contribution in [2.75, 3.05) is 6.26 Å². The summed E-state index contributed by atoms with van der Waals surface area (Å²) in [5.41, 5.74) is 5.29. The minimum absolute atomic E-state index is 0.251. The molecule has 12 heavy (non-hydrogen) atoms. The third-order valence-electron chi connectivity index (χ3n) is 1.04. The number of hydrogen-bond acceptors (Lipinski definition) is 4. The lowest BCUT2D eigenvalue weighted by molar-refractivity contribution is -0.120. The van der Waals surface area contributed by atoms with Crippen molar-refractivity contribution in [3.05, 3.63) is 12.7 Å². The van der Waals surface area contributed by atoms with E-state index in [-0.39, 0.29) is 6.42 Å². The molecule has 5 nitrogen and oxygen atoms in total. The van der Waals surface area contributed by atoms with Crippen LogP contribution in [0.3, 0.4) is 0 Å². The van der Waals surface area contributed by atoms with Gasteiger partial charge in [-0.15, -0.1) is 6.58 Å². The Kier molecular flexibility index (Phi) is 3.91. The summed E-state index contributed by atoms with van der Waals surface area (Å²) >= 11 is 0. The molecule has 0 aliphatic rings. The summed E-state index contributed by atoms with van der Waals surface area (Å²) in [5.74, 6) is -0.711. The molecule has 0 aliphatic heterocycles. The number of nitrogens with one attached hydrogen (secondary N) is 1. The van der Waals surface area contributed by atoms with Crippen LogP contribution in [0.5, 0.6) is 0 Å². The monoisotopic (exact) mass is 192 g/mol. The first kappa shape index (κ1) is 11.1. The standard InChI is InChI=1S/C6H12N2O3S/c1-3-4-5(7)6(9)8-12(2,10)11/h3,5H,1,4,7H2,2H3,(H,8,9). The SMILES string of the molecule is C=CCC(N)C(=O)NS(C)(=O)=O. The van der Waals surface area contributed by atoms with E-state index < -0.39 is 22.0 Å². The fraction of sp³-hybridized carbons (Fsp3) is 0.500. The molecular formula is C6H12N2O3S. The molecule has 1 unspecified atom stereocenters. The second kappa shape index (κ2) is 4.22. The maximum Gasteiger partial charge on any atom is 0.250 e. The van der Waals surface area contributed by atoms with Crippen LogP contribution in [0.1, 0.15) is 6.42 Å². The Labute approximate surface area is 71.7 Å². The number of rotatable bonds is 4. The molecule has 0 aromatic rings. The molecule has 0 aromatic heterocycles. The quantitative estimate of drug-likeness (QED) is 0.557. The van der Waals surface area contributed by atoms with Crippen LogP contribution in [0, 0.1) is 0 Å². The number of nitrogens with two attached hydrogens (primary N) is 1. The van der Waals surface area contributed by atoms with Gasteiger partial charge in [-0.25, -0.2) is 8.42 Å². The second-order valence-electron chi connectivity index (χ2n) is 2.37. The normalized spacial score (nSPS) is 13.5. The van der Waals surface area contributed by atoms with Crippen LogP contribution >= 0.6 is 0 Å². The molecule has 1 amide bonds. The van der Waals surface area contributed by atoms with Gasteiger partial charge in [0.15, 0.2) is 0 Å². The number of carbonyl (C=O) groups is 1. The summed E-state index contributed by atoms with van der Waals surface area (Å²) < 4.78 is 22.8. The first-order valence-corrected chi connectivity index (χ1v) is 5.14. The maximum absolute atomic E-state index is 10.9. The van der Waals surface area contributed by atoms with Crippen LogP contribution in [0.4, 0.5) is 0 Å². The van der Waals surface area contributed by atoms with Crippen molar-refractivity contribution >= 4 is 15.9 Å². The smallest absolute Gasteiger partial charge is 0.250 e. The van der Waals surface area contributed by atoms with E-state index in [2.05, 4.69) is 6.58 Å². The molecule has 0 aliphatic carbocycles. The van der Waals surface area contributed by atoms with E-state index in [0.29, 0.717) is 0 Å². The van der Waals surface area contributed by atoms with Crippen molar-refractivity contribution in [3.63, 3.8) is 0 Å². The van der Waals surface area contributed by atoms with Crippen LogP contribution in [-0.2, 0) is 14.8 Å². The van der Waals surface area contributed by atoms with Crippen molar-refractivity contribution in [3.8, 4) is 0 Å². The highest BCUT2D eigenvalue weighted by Crippen LogP contribution is 1.89. The lowest BCUT2D eigenvalue weighted by atomic mass is 10.2. The molecule has 0 rings (SSSR count). The van der Waals surface area contributed by atoms with Crippen LogP contribution in [0.15, 0.2) is 12.7 Å². The first-order chi connectivity index (χ1) is 5.37. The zero-order valence-corrected chi connectivity index (χ0v) is 7.60. The highest BCUT2D eigenvalue weighted by atomic mass is 32.2. The number of amides is 1. The average molecular weight is 192 g/mol. The number of sulfonamides is 1. The van der Waals surface area contributed by atoms with Gasteiger partial charge in [0.05, 0.1) is 12.3 Å². The van der Waals surface area contributed by atoms with Gasteiger partial charge in [0, 0.05) is 0 Å². The molecule has 0 heterocycles. The Bertz CT molecular complexity index is 271. The molecule has 0 spiro atoms. The molecule has 0 saturated heterocycles. The Balaban J connectivity index is 4.14. The molecule has 0 fully saturated rings. The predicted octanol–water partition coefficient (Wildman–Crippen LogP) is -1.03. The largest absolute Gasteiger partial charge is 0.320 e. The van der Waals surface area contributed by atoms with E-state index in [9.17, 15) is 13.2 Å². The van der Waals surface area contributed by atoms with Gasteiger partial charge in [-0.05, 0) is 6.42 Å². The van der Waals surface area contributed by atoms with Crippen molar-refractivity contribution in [1.82, 2.24) is 4.72 Å². The van der Waals surface area contributed by atoms with Gasteiger partial charge < -0.3 is 5.73 Å². The number of carbonyl (C=O) groups excluding carboxylic acids is 1. The molecule has 3 N–H and O–H groups in total. The lowest BCUT2D eigenvalue weighted by Gasteiger charge is -2.07. The average Bonchev–Trinajstić information content (AvgIpc) is 1.84. The van der Waals surface area contributed by atoms with E-state index >= 15 is 0 Å². The van der Waals surface area contributed by atoms with E-state index in [1.807, 2.05) is 0 Å². The van der Waals surface area contributed by atoms with E-state index in [4.69, 9.17) is 5.73 Å². The van der Waals surface area contributed by atoms with Gasteiger partial charge in [0.2, 0.25) is 10.0 Å². The van der Waals surface area contributed by atoms with Gasteiger partial charge >= 0.3 is 0 Å². The van der Waals surface area contributed by atoms with Crippen LogP contribution < -0.4 is 10.5 Å². The van der Waals surface area contributed by atoms with Gasteiger partial charge in [-0.2, -0.15) is 0 Å². The summed E-state index contributed by atoms with van der Waals surface area (Å²) in [6.07, 6.45) is 2.60. The maximum atomic E-state index is 10.9. The van der Waals surface area contributed by atoms with Crippen molar-refractivity contribution in [2.45, 2.75) is 12.5 Å². The molecule has 70 valence electrons. The summed E-state index contributed by atoms with van der Waals surface area (Å²) in [6, 6.07) is -0.850. The zero-order chi connectivity index (χ0) is 9.78.